The second-order valence-electron chi connectivity index (χ2n) is 5.59. The molecule has 0 aliphatic carbocycles. The van der Waals surface area contributed by atoms with Gasteiger partial charge in [-0.3, -0.25) is 0 Å². The molecule has 98 valence electrons. The topological polar surface area (TPSA) is 35.2 Å². The quantitative estimate of drug-likeness (QED) is 0.828. The Morgan fingerprint density at radius 1 is 1.33 bits per heavy atom. The molecule has 0 saturated carbocycles. The van der Waals surface area contributed by atoms with Crippen molar-refractivity contribution in [3.63, 3.8) is 0 Å². The van der Waals surface area contributed by atoms with Crippen LogP contribution in [-0.4, -0.2) is 7.11 Å². The molecule has 0 aliphatic heterocycles. The minimum Gasteiger partial charge on any atom is -0.496 e. The first-order valence-corrected chi connectivity index (χ1v) is 6.23. The molecule has 2 N–H and O–H groups in total. The second kappa shape index (κ2) is 5.93. The van der Waals surface area contributed by atoms with E-state index in [1.165, 1.54) is 0 Å². The van der Waals surface area contributed by atoms with E-state index in [4.69, 9.17) is 10.5 Å². The molecular formula is C16H23NO. The Labute approximate surface area is 111 Å². The van der Waals surface area contributed by atoms with Crippen LogP contribution in [0.25, 0.3) is 0 Å². The molecule has 2 nitrogen and oxygen atoms in total. The van der Waals surface area contributed by atoms with Gasteiger partial charge in [0.15, 0.2) is 0 Å². The van der Waals surface area contributed by atoms with Crippen molar-refractivity contribution in [2.24, 2.45) is 11.1 Å². The SMILES string of the molecule is COc1ccc(C(N)CC#CC(C)(C)C)cc1C. The monoisotopic (exact) mass is 245 g/mol. The standard InChI is InChI=1S/C16H23NO/c1-12-11-13(8-9-15(12)18-5)14(17)7-6-10-16(2,3)4/h8-9,11,14H,7,17H2,1-5H3. The van der Waals surface area contributed by atoms with Crippen LogP contribution in [0.2, 0.25) is 0 Å². The molecule has 0 saturated heterocycles. The summed E-state index contributed by atoms with van der Waals surface area (Å²) in [7, 11) is 1.68. The van der Waals surface area contributed by atoms with Gasteiger partial charge >= 0.3 is 0 Å². The van der Waals surface area contributed by atoms with Gasteiger partial charge < -0.3 is 10.5 Å². The Kier molecular flexibility index (Phi) is 4.81. The van der Waals surface area contributed by atoms with E-state index in [0.717, 1.165) is 16.9 Å². The highest BCUT2D eigenvalue weighted by Gasteiger charge is 2.08. The average Bonchev–Trinajstić information content (AvgIpc) is 2.27. The molecule has 18 heavy (non-hydrogen) atoms. The number of rotatable bonds is 3. The number of methoxy groups -OCH3 is 1. The van der Waals surface area contributed by atoms with Crippen LogP contribution in [0.5, 0.6) is 5.75 Å². The molecule has 0 fully saturated rings. The van der Waals surface area contributed by atoms with E-state index in [1.807, 2.05) is 19.1 Å². The van der Waals surface area contributed by atoms with Gasteiger partial charge in [0.05, 0.1) is 7.11 Å². The fraction of sp³-hybridized carbons (Fsp3) is 0.500. The van der Waals surface area contributed by atoms with E-state index in [9.17, 15) is 0 Å². The average molecular weight is 245 g/mol. The molecule has 0 heterocycles. The van der Waals surface area contributed by atoms with E-state index >= 15 is 0 Å². The third-order valence-corrected chi connectivity index (χ3v) is 2.63. The molecule has 1 rings (SSSR count). The summed E-state index contributed by atoms with van der Waals surface area (Å²) in [5, 5.41) is 0. The molecule has 0 bridgehead atoms. The zero-order valence-corrected chi connectivity index (χ0v) is 12.0. The van der Waals surface area contributed by atoms with Gasteiger partial charge in [-0.15, -0.1) is 5.92 Å². The normalized spacial score (nSPS) is 12.6. The summed E-state index contributed by atoms with van der Waals surface area (Å²) in [5.74, 6) is 7.27. The summed E-state index contributed by atoms with van der Waals surface area (Å²) in [5.41, 5.74) is 8.39. The molecule has 0 aromatic heterocycles. The van der Waals surface area contributed by atoms with E-state index in [0.29, 0.717) is 6.42 Å². The predicted molar refractivity (Wildman–Crippen MR) is 76.5 cm³/mol. The molecule has 1 aromatic rings. The van der Waals surface area contributed by atoms with Crippen molar-refractivity contribution in [3.05, 3.63) is 29.3 Å². The van der Waals surface area contributed by atoms with E-state index in [1.54, 1.807) is 7.11 Å². The summed E-state index contributed by atoms with van der Waals surface area (Å²) in [4.78, 5) is 0. The van der Waals surface area contributed by atoms with Crippen LogP contribution in [-0.2, 0) is 0 Å². The largest absolute Gasteiger partial charge is 0.496 e. The van der Waals surface area contributed by atoms with Gasteiger partial charge in [-0.1, -0.05) is 18.1 Å². The van der Waals surface area contributed by atoms with E-state index in [-0.39, 0.29) is 11.5 Å². The first-order valence-electron chi connectivity index (χ1n) is 6.23. The van der Waals surface area contributed by atoms with E-state index in [2.05, 4.69) is 38.7 Å². The molecule has 0 spiro atoms. The van der Waals surface area contributed by atoms with Crippen LogP contribution in [0.15, 0.2) is 18.2 Å². The first kappa shape index (κ1) is 14.6. The van der Waals surface area contributed by atoms with Gasteiger partial charge in [-0.05, 0) is 44.9 Å². The van der Waals surface area contributed by atoms with Gasteiger partial charge in [-0.2, -0.15) is 0 Å². The van der Waals surface area contributed by atoms with Gasteiger partial charge in [0.1, 0.15) is 5.75 Å². The maximum atomic E-state index is 6.14. The maximum Gasteiger partial charge on any atom is 0.121 e. The zero-order chi connectivity index (χ0) is 13.8. The summed E-state index contributed by atoms with van der Waals surface area (Å²) in [6.45, 7) is 8.32. The lowest BCUT2D eigenvalue weighted by atomic mass is 9.96. The lowest BCUT2D eigenvalue weighted by molar-refractivity contribution is 0.411. The van der Waals surface area contributed by atoms with Crippen LogP contribution in [0.4, 0.5) is 0 Å². The molecule has 2 heteroatoms. The van der Waals surface area contributed by atoms with Gasteiger partial charge in [0.25, 0.3) is 0 Å². The minimum atomic E-state index is -0.0375. The van der Waals surface area contributed by atoms with Crippen LogP contribution in [0, 0.1) is 24.2 Å². The van der Waals surface area contributed by atoms with Crippen LogP contribution < -0.4 is 10.5 Å². The van der Waals surface area contributed by atoms with E-state index < -0.39 is 0 Å². The zero-order valence-electron chi connectivity index (χ0n) is 12.0. The predicted octanol–water partition coefficient (Wildman–Crippen LogP) is 3.44. The van der Waals surface area contributed by atoms with Crippen LogP contribution in [0.3, 0.4) is 0 Å². The van der Waals surface area contributed by atoms with Gasteiger partial charge in [0.2, 0.25) is 0 Å². The second-order valence-corrected chi connectivity index (χ2v) is 5.59. The van der Waals surface area contributed by atoms with Crippen molar-refractivity contribution in [1.82, 2.24) is 0 Å². The fourth-order valence-corrected chi connectivity index (χ4v) is 1.68. The van der Waals surface area contributed by atoms with Crippen molar-refractivity contribution in [1.29, 1.82) is 0 Å². The summed E-state index contributed by atoms with van der Waals surface area (Å²) >= 11 is 0. The summed E-state index contributed by atoms with van der Waals surface area (Å²) in [6, 6.07) is 6.00. The number of aryl methyl sites for hydroxylation is 1. The third-order valence-electron chi connectivity index (χ3n) is 2.63. The first-order chi connectivity index (χ1) is 8.33. The van der Waals surface area contributed by atoms with Gasteiger partial charge in [-0.25, -0.2) is 0 Å². The Morgan fingerprint density at radius 2 is 2.00 bits per heavy atom. The molecular weight excluding hydrogens is 222 g/mol. The number of hydrogen-bond donors (Lipinski definition) is 1. The van der Waals surface area contributed by atoms with Crippen molar-refractivity contribution in [3.8, 4) is 17.6 Å². The number of nitrogens with two attached hydrogens (primary N) is 1. The lowest BCUT2D eigenvalue weighted by Gasteiger charge is -2.12. The Hall–Kier alpha value is -1.46. The fourth-order valence-electron chi connectivity index (χ4n) is 1.68. The highest BCUT2D eigenvalue weighted by atomic mass is 16.5. The summed E-state index contributed by atoms with van der Waals surface area (Å²) < 4.78 is 5.24. The van der Waals surface area contributed by atoms with Crippen LogP contribution in [0.1, 0.15) is 44.4 Å². The Balaban J connectivity index is 2.75. The highest BCUT2D eigenvalue weighted by molar-refractivity contribution is 5.37. The number of benzene rings is 1. The molecule has 1 unspecified atom stereocenters. The highest BCUT2D eigenvalue weighted by Crippen LogP contribution is 2.22. The third kappa shape index (κ3) is 4.43. The number of hydrogen-bond acceptors (Lipinski definition) is 2. The van der Waals surface area contributed by atoms with Gasteiger partial charge in [0, 0.05) is 17.9 Å². The maximum absolute atomic E-state index is 6.14. The minimum absolute atomic E-state index is 0.0372. The lowest BCUT2D eigenvalue weighted by Crippen LogP contribution is -2.10. The number of ether oxygens (including phenoxy) is 1. The summed E-state index contributed by atoms with van der Waals surface area (Å²) in [6.07, 6.45) is 0.684. The molecule has 1 atom stereocenters. The molecule has 1 aromatic carbocycles. The van der Waals surface area contributed by atoms with Crippen molar-refractivity contribution in [2.75, 3.05) is 7.11 Å². The van der Waals surface area contributed by atoms with Crippen molar-refractivity contribution in [2.45, 2.75) is 40.2 Å². The molecule has 0 amide bonds. The van der Waals surface area contributed by atoms with Crippen LogP contribution >= 0.6 is 0 Å². The molecule has 0 aliphatic rings. The van der Waals surface area contributed by atoms with Crippen molar-refractivity contribution >= 4 is 0 Å². The Bertz CT molecular complexity index is 460. The smallest absolute Gasteiger partial charge is 0.121 e. The Morgan fingerprint density at radius 3 is 2.50 bits per heavy atom. The molecule has 0 radical (unpaired) electrons. The van der Waals surface area contributed by atoms with Crippen molar-refractivity contribution < 1.29 is 4.74 Å².